The van der Waals surface area contributed by atoms with Crippen LogP contribution in [0.1, 0.15) is 28.9 Å². The number of rotatable bonds is 3. The van der Waals surface area contributed by atoms with Crippen LogP contribution in [0.2, 0.25) is 0 Å². The molecule has 0 bridgehead atoms. The smallest absolute Gasteiger partial charge is 0.295 e. The summed E-state index contributed by atoms with van der Waals surface area (Å²) in [6.45, 7) is 3.67. The Morgan fingerprint density at radius 3 is 2.89 bits per heavy atom. The number of aryl methyl sites for hydroxylation is 2. The van der Waals surface area contributed by atoms with E-state index < -0.39 is 11.7 Å². The molecular weight excluding hydrogens is 315 g/mol. The van der Waals surface area contributed by atoms with E-state index in [4.69, 9.17) is 0 Å². The van der Waals surface area contributed by atoms with E-state index in [0.717, 1.165) is 5.56 Å². The second-order valence-electron chi connectivity index (χ2n) is 3.99. The maximum Gasteiger partial charge on any atom is 0.295 e. The SMILES string of the molecule is CCc1nc(C(=O)Nc2cc(F)c(Br)cc2C)n[nH]1. The van der Waals surface area contributed by atoms with Gasteiger partial charge in [0.15, 0.2) is 0 Å². The lowest BCUT2D eigenvalue weighted by molar-refractivity contribution is 0.101. The molecule has 0 saturated carbocycles. The van der Waals surface area contributed by atoms with Gasteiger partial charge in [-0.3, -0.25) is 9.89 Å². The predicted octanol–water partition coefficient (Wildman–Crippen LogP) is 2.83. The number of nitrogens with one attached hydrogen (secondary N) is 2. The summed E-state index contributed by atoms with van der Waals surface area (Å²) in [4.78, 5) is 15.9. The highest BCUT2D eigenvalue weighted by Crippen LogP contribution is 2.24. The van der Waals surface area contributed by atoms with Gasteiger partial charge in [0, 0.05) is 12.1 Å². The summed E-state index contributed by atoms with van der Waals surface area (Å²) in [5.41, 5.74) is 1.14. The summed E-state index contributed by atoms with van der Waals surface area (Å²) in [6.07, 6.45) is 0.659. The minimum atomic E-state index is -0.472. The van der Waals surface area contributed by atoms with Crippen molar-refractivity contribution in [2.75, 3.05) is 5.32 Å². The van der Waals surface area contributed by atoms with Gasteiger partial charge in [0.2, 0.25) is 5.82 Å². The Balaban J connectivity index is 2.21. The number of H-pyrrole nitrogens is 1. The minimum absolute atomic E-state index is 0.0413. The zero-order chi connectivity index (χ0) is 14.0. The average molecular weight is 327 g/mol. The monoisotopic (exact) mass is 326 g/mol. The molecule has 0 spiro atoms. The molecule has 0 aliphatic carbocycles. The Hall–Kier alpha value is -1.76. The van der Waals surface area contributed by atoms with E-state index in [1.807, 2.05) is 6.92 Å². The van der Waals surface area contributed by atoms with Gasteiger partial charge in [-0.05, 0) is 40.5 Å². The van der Waals surface area contributed by atoms with Gasteiger partial charge in [0.05, 0.1) is 4.47 Å². The highest BCUT2D eigenvalue weighted by atomic mass is 79.9. The fourth-order valence-electron chi connectivity index (χ4n) is 1.51. The van der Waals surface area contributed by atoms with E-state index in [9.17, 15) is 9.18 Å². The van der Waals surface area contributed by atoms with Crippen LogP contribution in [0.4, 0.5) is 10.1 Å². The fourth-order valence-corrected chi connectivity index (χ4v) is 1.97. The van der Waals surface area contributed by atoms with E-state index in [1.54, 1.807) is 13.0 Å². The summed E-state index contributed by atoms with van der Waals surface area (Å²) in [5.74, 6) is -0.241. The molecule has 1 amide bonds. The van der Waals surface area contributed by atoms with Gasteiger partial charge < -0.3 is 5.32 Å². The highest BCUT2D eigenvalue weighted by molar-refractivity contribution is 9.10. The van der Waals surface area contributed by atoms with Crippen LogP contribution in [-0.4, -0.2) is 21.1 Å². The maximum absolute atomic E-state index is 13.4. The topological polar surface area (TPSA) is 70.7 Å². The molecule has 0 radical (unpaired) electrons. The van der Waals surface area contributed by atoms with Crippen molar-refractivity contribution < 1.29 is 9.18 Å². The average Bonchev–Trinajstić information content (AvgIpc) is 2.84. The molecule has 0 fully saturated rings. The molecule has 7 heteroatoms. The first kappa shape index (κ1) is 13.7. The molecule has 2 N–H and O–H groups in total. The van der Waals surface area contributed by atoms with E-state index >= 15 is 0 Å². The Morgan fingerprint density at radius 2 is 2.26 bits per heavy atom. The van der Waals surface area contributed by atoms with Crippen LogP contribution in [0.5, 0.6) is 0 Å². The molecule has 19 heavy (non-hydrogen) atoms. The molecule has 100 valence electrons. The van der Waals surface area contributed by atoms with Crippen molar-refractivity contribution in [3.05, 3.63) is 39.6 Å². The fraction of sp³-hybridized carbons (Fsp3) is 0.250. The van der Waals surface area contributed by atoms with Gasteiger partial charge in [-0.2, -0.15) is 0 Å². The molecule has 1 aromatic carbocycles. The van der Waals surface area contributed by atoms with E-state index in [1.165, 1.54) is 6.07 Å². The van der Waals surface area contributed by atoms with Gasteiger partial charge in [-0.15, -0.1) is 5.10 Å². The van der Waals surface area contributed by atoms with Crippen molar-refractivity contribution in [1.82, 2.24) is 15.2 Å². The molecule has 2 rings (SSSR count). The van der Waals surface area contributed by atoms with Crippen molar-refractivity contribution in [2.24, 2.45) is 0 Å². The number of aromatic amines is 1. The first-order chi connectivity index (χ1) is 9.01. The second-order valence-corrected chi connectivity index (χ2v) is 4.85. The van der Waals surface area contributed by atoms with E-state index in [-0.39, 0.29) is 5.82 Å². The third-order valence-electron chi connectivity index (χ3n) is 2.59. The first-order valence-electron chi connectivity index (χ1n) is 5.69. The number of carbonyl (C=O) groups excluding carboxylic acids is 1. The third-order valence-corrected chi connectivity index (χ3v) is 3.19. The zero-order valence-electron chi connectivity index (χ0n) is 10.4. The maximum atomic E-state index is 13.4. The molecule has 1 aromatic heterocycles. The normalized spacial score (nSPS) is 10.5. The predicted molar refractivity (Wildman–Crippen MR) is 72.6 cm³/mol. The Labute approximate surface area is 117 Å². The van der Waals surface area contributed by atoms with Gasteiger partial charge in [-0.25, -0.2) is 9.37 Å². The summed E-state index contributed by atoms with van der Waals surface area (Å²) < 4.78 is 13.8. The molecule has 0 aliphatic heterocycles. The number of aromatic nitrogens is 3. The number of hydrogen-bond donors (Lipinski definition) is 2. The molecule has 0 saturated heterocycles. The summed E-state index contributed by atoms with van der Waals surface area (Å²) >= 11 is 3.09. The van der Waals surface area contributed by atoms with Crippen molar-refractivity contribution in [1.29, 1.82) is 0 Å². The van der Waals surface area contributed by atoms with Crippen LogP contribution in [0, 0.1) is 12.7 Å². The van der Waals surface area contributed by atoms with Gasteiger partial charge in [0.1, 0.15) is 11.6 Å². The molecule has 0 aliphatic rings. The quantitative estimate of drug-likeness (QED) is 0.911. The van der Waals surface area contributed by atoms with Crippen LogP contribution in [0.3, 0.4) is 0 Å². The highest BCUT2D eigenvalue weighted by Gasteiger charge is 2.14. The standard InChI is InChI=1S/C12H12BrFN4O/c1-3-10-16-11(18-17-10)12(19)15-9-5-8(14)7(13)4-6(9)2/h4-5H,3H2,1-2H3,(H,15,19)(H,16,17,18). The molecular formula is C12H12BrFN4O. The lowest BCUT2D eigenvalue weighted by Gasteiger charge is -2.07. The number of amides is 1. The first-order valence-corrected chi connectivity index (χ1v) is 6.48. The molecule has 1 heterocycles. The lowest BCUT2D eigenvalue weighted by atomic mass is 10.2. The van der Waals surface area contributed by atoms with Crippen LogP contribution in [-0.2, 0) is 6.42 Å². The number of nitrogens with zero attached hydrogens (tertiary/aromatic N) is 2. The number of halogens is 2. The van der Waals surface area contributed by atoms with Crippen LogP contribution >= 0.6 is 15.9 Å². The lowest BCUT2D eigenvalue weighted by Crippen LogP contribution is -2.15. The minimum Gasteiger partial charge on any atom is -0.319 e. The summed E-state index contributed by atoms with van der Waals surface area (Å²) in [6, 6.07) is 2.85. The van der Waals surface area contributed by atoms with Crippen molar-refractivity contribution >= 4 is 27.5 Å². The molecule has 0 unspecified atom stereocenters. The Kier molecular flexibility index (Phi) is 3.94. The largest absolute Gasteiger partial charge is 0.319 e. The second kappa shape index (κ2) is 5.48. The Bertz CT molecular complexity index is 626. The van der Waals surface area contributed by atoms with Gasteiger partial charge in [-0.1, -0.05) is 6.92 Å². The number of benzene rings is 1. The van der Waals surface area contributed by atoms with Crippen LogP contribution < -0.4 is 5.32 Å². The van der Waals surface area contributed by atoms with Gasteiger partial charge in [0.25, 0.3) is 5.91 Å². The van der Waals surface area contributed by atoms with Crippen LogP contribution in [0.15, 0.2) is 16.6 Å². The zero-order valence-corrected chi connectivity index (χ0v) is 12.0. The van der Waals surface area contributed by atoms with E-state index in [2.05, 4.69) is 36.4 Å². The van der Waals surface area contributed by atoms with Crippen molar-refractivity contribution in [3.8, 4) is 0 Å². The molecule has 5 nitrogen and oxygen atoms in total. The summed E-state index contributed by atoms with van der Waals surface area (Å²) in [5, 5.41) is 9.04. The summed E-state index contributed by atoms with van der Waals surface area (Å²) in [7, 11) is 0. The third kappa shape index (κ3) is 2.98. The van der Waals surface area contributed by atoms with Gasteiger partial charge >= 0.3 is 0 Å². The van der Waals surface area contributed by atoms with Crippen molar-refractivity contribution in [3.63, 3.8) is 0 Å². The number of carbonyl (C=O) groups is 1. The van der Waals surface area contributed by atoms with Crippen molar-refractivity contribution in [2.45, 2.75) is 20.3 Å². The van der Waals surface area contributed by atoms with Crippen LogP contribution in [0.25, 0.3) is 0 Å². The van der Waals surface area contributed by atoms with E-state index in [0.29, 0.717) is 22.4 Å². The Morgan fingerprint density at radius 1 is 1.53 bits per heavy atom. The number of anilines is 1. The molecule has 0 atom stereocenters. The molecule has 2 aromatic rings. The number of hydrogen-bond acceptors (Lipinski definition) is 3.